The molecule has 0 aliphatic carbocycles. The third-order valence-electron chi connectivity index (χ3n) is 2.12. The van der Waals surface area contributed by atoms with Crippen LogP contribution < -0.4 is 0 Å². The van der Waals surface area contributed by atoms with Crippen molar-refractivity contribution >= 4 is 10.1 Å². The van der Waals surface area contributed by atoms with Crippen LogP contribution in [0.2, 0.25) is 0 Å². The van der Waals surface area contributed by atoms with Crippen LogP contribution in [0.15, 0.2) is 24.3 Å². The largest absolute Gasteiger partial charge is 0.523 e. The topological polar surface area (TPSA) is 43.4 Å². The Kier molecular flexibility index (Phi) is 4.33. The van der Waals surface area contributed by atoms with Gasteiger partial charge in [0.15, 0.2) is 0 Å². The molecule has 0 saturated carbocycles. The summed E-state index contributed by atoms with van der Waals surface area (Å²) >= 11 is 0. The Bertz CT molecular complexity index is 510. The predicted octanol–water partition coefficient (Wildman–Crippen LogP) is 3.14. The molecule has 0 heterocycles. The van der Waals surface area contributed by atoms with E-state index in [4.69, 9.17) is 0 Å². The summed E-state index contributed by atoms with van der Waals surface area (Å²) in [6.07, 6.45) is -1.41. The lowest BCUT2D eigenvalue weighted by Crippen LogP contribution is -2.27. The van der Waals surface area contributed by atoms with Crippen molar-refractivity contribution in [1.82, 2.24) is 0 Å². The smallest absolute Gasteiger partial charge is 0.255 e. The normalized spacial score (nSPS) is 14.5. The molecule has 18 heavy (non-hydrogen) atoms. The molecule has 0 saturated heterocycles. The van der Waals surface area contributed by atoms with Gasteiger partial charge in [-0.3, -0.25) is 4.18 Å². The zero-order valence-corrected chi connectivity index (χ0v) is 10.1. The van der Waals surface area contributed by atoms with Crippen molar-refractivity contribution in [2.45, 2.75) is 25.0 Å². The summed E-state index contributed by atoms with van der Waals surface area (Å²) in [5, 5.41) is 0. The molecule has 0 aliphatic heterocycles. The second kappa shape index (κ2) is 5.23. The Hall–Kier alpha value is -1.15. The highest BCUT2D eigenvalue weighted by Crippen LogP contribution is 2.31. The molecule has 8 heteroatoms. The van der Waals surface area contributed by atoms with E-state index in [0.717, 1.165) is 12.1 Å². The van der Waals surface area contributed by atoms with Gasteiger partial charge in [-0.2, -0.15) is 21.6 Å². The lowest BCUT2D eigenvalue weighted by molar-refractivity contribution is -0.0576. The van der Waals surface area contributed by atoms with Crippen LogP contribution in [0, 0.1) is 5.82 Å². The van der Waals surface area contributed by atoms with Crippen LogP contribution in [0.25, 0.3) is 0 Å². The number of hydrogen-bond donors (Lipinski definition) is 0. The third kappa shape index (κ3) is 3.42. The van der Waals surface area contributed by atoms with E-state index in [2.05, 4.69) is 4.18 Å². The molecule has 1 aromatic rings. The maximum atomic E-state index is 12.9. The van der Waals surface area contributed by atoms with Crippen molar-refractivity contribution < 1.29 is 30.2 Å². The quantitative estimate of drug-likeness (QED) is 0.485. The van der Waals surface area contributed by atoms with Crippen LogP contribution in [0.1, 0.15) is 25.0 Å². The minimum Gasteiger partial charge on any atom is -0.255 e. The SMILES string of the molecule is CCC(OS(=O)(=O)C(F)(F)F)c1cccc(F)c1. The maximum Gasteiger partial charge on any atom is 0.523 e. The molecule has 0 spiro atoms. The number of alkyl halides is 3. The summed E-state index contributed by atoms with van der Waals surface area (Å²) in [5.74, 6) is -0.682. The Labute approximate surface area is 102 Å². The van der Waals surface area contributed by atoms with E-state index in [9.17, 15) is 26.0 Å². The molecule has 102 valence electrons. The van der Waals surface area contributed by atoms with Gasteiger partial charge in [0.25, 0.3) is 0 Å². The monoisotopic (exact) mass is 286 g/mol. The van der Waals surface area contributed by atoms with Crippen molar-refractivity contribution in [2.24, 2.45) is 0 Å². The summed E-state index contributed by atoms with van der Waals surface area (Å²) in [5.41, 5.74) is -5.46. The maximum absolute atomic E-state index is 12.9. The van der Waals surface area contributed by atoms with E-state index in [1.165, 1.54) is 19.1 Å². The molecule has 0 fully saturated rings. The number of hydrogen-bond acceptors (Lipinski definition) is 3. The molecule has 3 nitrogen and oxygen atoms in total. The van der Waals surface area contributed by atoms with Crippen molar-refractivity contribution in [3.05, 3.63) is 35.6 Å². The first-order valence-electron chi connectivity index (χ1n) is 4.92. The van der Waals surface area contributed by atoms with Crippen molar-refractivity contribution in [1.29, 1.82) is 0 Å². The molecule has 1 rings (SSSR count). The zero-order valence-electron chi connectivity index (χ0n) is 9.24. The summed E-state index contributed by atoms with van der Waals surface area (Å²) in [6.45, 7) is 1.43. The summed E-state index contributed by atoms with van der Waals surface area (Å²) < 4.78 is 75.1. The molecule has 1 aromatic carbocycles. The molecule has 0 bridgehead atoms. The minimum absolute atomic E-state index is 0.0327. The van der Waals surface area contributed by atoms with Crippen LogP contribution in [0.4, 0.5) is 17.6 Å². The minimum atomic E-state index is -5.69. The summed E-state index contributed by atoms with van der Waals surface area (Å²) in [6, 6.07) is 4.58. The number of halogens is 4. The van der Waals surface area contributed by atoms with Gasteiger partial charge in [0.2, 0.25) is 0 Å². The van der Waals surface area contributed by atoms with E-state index in [1.54, 1.807) is 0 Å². The molecule has 0 amide bonds. The van der Waals surface area contributed by atoms with Crippen LogP contribution in [0.3, 0.4) is 0 Å². The third-order valence-corrected chi connectivity index (χ3v) is 3.17. The molecule has 0 N–H and O–H groups in total. The fraction of sp³-hybridized carbons (Fsp3) is 0.400. The molecular formula is C10H10F4O3S. The second-order valence-corrected chi connectivity index (χ2v) is 5.01. The van der Waals surface area contributed by atoms with Gasteiger partial charge in [-0.1, -0.05) is 19.1 Å². The van der Waals surface area contributed by atoms with Crippen LogP contribution in [-0.4, -0.2) is 13.9 Å². The second-order valence-electron chi connectivity index (χ2n) is 3.45. The Morgan fingerprint density at radius 2 is 1.94 bits per heavy atom. The van der Waals surface area contributed by atoms with Crippen molar-refractivity contribution in [2.75, 3.05) is 0 Å². The predicted molar refractivity (Wildman–Crippen MR) is 55.5 cm³/mol. The number of rotatable bonds is 4. The lowest BCUT2D eigenvalue weighted by atomic mass is 10.1. The average molecular weight is 286 g/mol. The van der Waals surface area contributed by atoms with Gasteiger partial charge in [0, 0.05) is 0 Å². The Morgan fingerprint density at radius 3 is 2.39 bits per heavy atom. The molecule has 0 radical (unpaired) electrons. The first-order valence-corrected chi connectivity index (χ1v) is 6.33. The first kappa shape index (κ1) is 14.9. The molecule has 0 aromatic heterocycles. The highest BCUT2D eigenvalue weighted by molar-refractivity contribution is 7.87. The van der Waals surface area contributed by atoms with Crippen LogP contribution in [-0.2, 0) is 14.3 Å². The van der Waals surface area contributed by atoms with E-state index in [1.807, 2.05) is 0 Å². The summed E-state index contributed by atoms with van der Waals surface area (Å²) in [7, 11) is -5.69. The van der Waals surface area contributed by atoms with Gasteiger partial charge < -0.3 is 0 Å². The van der Waals surface area contributed by atoms with Gasteiger partial charge in [-0.15, -0.1) is 0 Å². The average Bonchev–Trinajstić information content (AvgIpc) is 2.24. The highest BCUT2D eigenvalue weighted by Gasteiger charge is 2.48. The molecule has 1 unspecified atom stereocenters. The first-order chi connectivity index (χ1) is 8.17. The molecular weight excluding hydrogens is 276 g/mol. The standard InChI is InChI=1S/C10H10F4O3S/c1-2-9(7-4-3-5-8(11)6-7)17-18(15,16)10(12,13)14/h3-6,9H,2H2,1H3. The fourth-order valence-corrected chi connectivity index (χ4v) is 1.94. The highest BCUT2D eigenvalue weighted by atomic mass is 32.2. The lowest BCUT2D eigenvalue weighted by Gasteiger charge is -2.17. The zero-order chi connectivity index (χ0) is 14.0. The molecule has 1 atom stereocenters. The van der Waals surface area contributed by atoms with E-state index < -0.39 is 27.5 Å². The van der Waals surface area contributed by atoms with E-state index >= 15 is 0 Å². The van der Waals surface area contributed by atoms with Gasteiger partial charge in [0.05, 0.1) is 0 Å². The van der Waals surface area contributed by atoms with Gasteiger partial charge >= 0.3 is 15.6 Å². The van der Waals surface area contributed by atoms with Crippen molar-refractivity contribution in [3.63, 3.8) is 0 Å². The van der Waals surface area contributed by atoms with Gasteiger partial charge in [0.1, 0.15) is 11.9 Å². The fourth-order valence-electron chi connectivity index (χ4n) is 1.27. The van der Waals surface area contributed by atoms with Gasteiger partial charge in [-0.05, 0) is 24.1 Å². The van der Waals surface area contributed by atoms with Crippen molar-refractivity contribution in [3.8, 4) is 0 Å². The van der Waals surface area contributed by atoms with Gasteiger partial charge in [-0.25, -0.2) is 4.39 Å². The molecule has 0 aliphatic rings. The Balaban J connectivity index is 3.00. The van der Waals surface area contributed by atoms with E-state index in [-0.39, 0.29) is 12.0 Å². The number of benzene rings is 1. The van der Waals surface area contributed by atoms with Crippen LogP contribution >= 0.6 is 0 Å². The van der Waals surface area contributed by atoms with Crippen LogP contribution in [0.5, 0.6) is 0 Å². The summed E-state index contributed by atoms with van der Waals surface area (Å²) in [4.78, 5) is 0. The van der Waals surface area contributed by atoms with E-state index in [0.29, 0.717) is 0 Å². The Morgan fingerprint density at radius 1 is 1.33 bits per heavy atom.